The summed E-state index contributed by atoms with van der Waals surface area (Å²) < 4.78 is 0. The van der Waals surface area contributed by atoms with Gasteiger partial charge in [0.15, 0.2) is 0 Å². The fourth-order valence-corrected chi connectivity index (χ4v) is 5.03. The van der Waals surface area contributed by atoms with Gasteiger partial charge in [-0.3, -0.25) is 14.5 Å². The molecule has 1 heterocycles. The van der Waals surface area contributed by atoms with E-state index in [9.17, 15) is 14.7 Å². The van der Waals surface area contributed by atoms with Crippen LogP contribution in [0.1, 0.15) is 38.5 Å². The van der Waals surface area contributed by atoms with E-state index < -0.39 is 5.54 Å². The lowest BCUT2D eigenvalue weighted by molar-refractivity contribution is -0.152. The molecule has 20 heavy (non-hydrogen) atoms. The molecule has 4 nitrogen and oxygen atoms in total. The summed E-state index contributed by atoms with van der Waals surface area (Å²) in [7, 11) is 0. The molecule has 4 atom stereocenters. The van der Waals surface area contributed by atoms with Gasteiger partial charge in [0.1, 0.15) is 0 Å². The van der Waals surface area contributed by atoms with Crippen LogP contribution < -0.4 is 0 Å². The molecule has 0 aromatic carbocycles. The maximum atomic E-state index is 12.8. The molecule has 3 fully saturated rings. The molecule has 1 aliphatic heterocycles. The maximum absolute atomic E-state index is 12.8. The average Bonchev–Trinajstić information content (AvgIpc) is 3.14. The molecule has 4 rings (SSSR count). The zero-order valence-electron chi connectivity index (χ0n) is 11.6. The molecule has 1 saturated heterocycles. The van der Waals surface area contributed by atoms with Crippen LogP contribution >= 0.6 is 0 Å². The SMILES string of the molecule is O=C1C2C3C=CC(C3)C2C(=O)N1C1(CO)CCCCC1. The average molecular weight is 275 g/mol. The van der Waals surface area contributed by atoms with Crippen LogP contribution in [0.4, 0.5) is 0 Å². The van der Waals surface area contributed by atoms with Crippen molar-refractivity contribution in [3.05, 3.63) is 12.2 Å². The number of nitrogens with zero attached hydrogens (tertiary/aromatic N) is 1. The number of hydrogen-bond acceptors (Lipinski definition) is 3. The van der Waals surface area contributed by atoms with Gasteiger partial charge in [-0.1, -0.05) is 31.4 Å². The second-order valence-electron chi connectivity index (χ2n) is 6.95. The van der Waals surface area contributed by atoms with Crippen LogP contribution in [0.15, 0.2) is 12.2 Å². The van der Waals surface area contributed by atoms with Gasteiger partial charge < -0.3 is 5.11 Å². The van der Waals surface area contributed by atoms with E-state index in [4.69, 9.17) is 0 Å². The number of rotatable bonds is 2. The third-order valence-corrected chi connectivity index (χ3v) is 6.02. The first kappa shape index (κ1) is 12.6. The highest BCUT2D eigenvalue weighted by Gasteiger charge is 2.62. The Hall–Kier alpha value is -1.16. The zero-order valence-corrected chi connectivity index (χ0v) is 11.6. The quantitative estimate of drug-likeness (QED) is 0.613. The lowest BCUT2D eigenvalue weighted by atomic mass is 9.80. The van der Waals surface area contributed by atoms with Crippen molar-refractivity contribution in [1.82, 2.24) is 4.90 Å². The molecular formula is C16H21NO3. The lowest BCUT2D eigenvalue weighted by Crippen LogP contribution is -2.56. The standard InChI is InChI=1S/C16H21NO3/c18-9-16(6-2-1-3-7-16)17-14(19)12-10-4-5-11(8-10)13(12)15(17)20/h4-5,10-13,18H,1-3,6-9H2. The van der Waals surface area contributed by atoms with Crippen molar-refractivity contribution in [3.8, 4) is 0 Å². The molecule has 4 heteroatoms. The molecule has 4 aliphatic rings. The van der Waals surface area contributed by atoms with Crippen molar-refractivity contribution in [2.75, 3.05) is 6.61 Å². The molecule has 2 amide bonds. The first-order chi connectivity index (χ1) is 9.68. The first-order valence-electron chi connectivity index (χ1n) is 7.85. The summed E-state index contributed by atoms with van der Waals surface area (Å²) in [5.41, 5.74) is -0.601. The van der Waals surface area contributed by atoms with Crippen molar-refractivity contribution in [2.45, 2.75) is 44.1 Å². The van der Waals surface area contributed by atoms with Gasteiger partial charge >= 0.3 is 0 Å². The molecule has 108 valence electrons. The Balaban J connectivity index is 1.70. The van der Waals surface area contributed by atoms with Gasteiger partial charge in [-0.2, -0.15) is 0 Å². The number of allylic oxidation sites excluding steroid dienone is 2. The van der Waals surface area contributed by atoms with Gasteiger partial charge in [0.05, 0.1) is 24.0 Å². The minimum absolute atomic E-state index is 0.00667. The van der Waals surface area contributed by atoms with Crippen LogP contribution in [0.2, 0.25) is 0 Å². The van der Waals surface area contributed by atoms with Crippen LogP contribution in [0.25, 0.3) is 0 Å². The van der Waals surface area contributed by atoms with Crippen molar-refractivity contribution < 1.29 is 14.7 Å². The second kappa shape index (κ2) is 4.17. The fourth-order valence-electron chi connectivity index (χ4n) is 5.03. The Morgan fingerprint density at radius 3 is 2.10 bits per heavy atom. The van der Waals surface area contributed by atoms with Crippen LogP contribution in [0, 0.1) is 23.7 Å². The van der Waals surface area contributed by atoms with E-state index in [1.165, 1.54) is 4.90 Å². The highest BCUT2D eigenvalue weighted by Crippen LogP contribution is 2.54. The number of aliphatic hydroxyl groups is 1. The van der Waals surface area contributed by atoms with Crippen molar-refractivity contribution in [1.29, 1.82) is 0 Å². The van der Waals surface area contributed by atoms with Crippen LogP contribution in [0.5, 0.6) is 0 Å². The molecule has 0 aromatic heterocycles. The molecular weight excluding hydrogens is 254 g/mol. The highest BCUT2D eigenvalue weighted by atomic mass is 16.3. The summed E-state index contributed by atoms with van der Waals surface area (Å²) >= 11 is 0. The Morgan fingerprint density at radius 2 is 1.60 bits per heavy atom. The van der Waals surface area contributed by atoms with E-state index in [2.05, 4.69) is 12.2 Å². The van der Waals surface area contributed by atoms with Crippen molar-refractivity contribution in [3.63, 3.8) is 0 Å². The summed E-state index contributed by atoms with van der Waals surface area (Å²) in [5, 5.41) is 9.89. The minimum atomic E-state index is -0.601. The van der Waals surface area contributed by atoms with E-state index >= 15 is 0 Å². The molecule has 4 unspecified atom stereocenters. The van der Waals surface area contributed by atoms with Gasteiger partial charge in [-0.15, -0.1) is 0 Å². The summed E-state index contributed by atoms with van der Waals surface area (Å²) in [4.78, 5) is 27.1. The van der Waals surface area contributed by atoms with E-state index in [-0.39, 0.29) is 42.1 Å². The summed E-state index contributed by atoms with van der Waals surface area (Å²) in [6, 6.07) is 0. The van der Waals surface area contributed by atoms with Crippen LogP contribution in [-0.4, -0.2) is 34.0 Å². The van der Waals surface area contributed by atoms with Crippen molar-refractivity contribution in [2.24, 2.45) is 23.7 Å². The number of amides is 2. The Kier molecular flexibility index (Phi) is 2.62. The summed E-state index contributed by atoms with van der Waals surface area (Å²) in [6.07, 6.45) is 9.87. The number of aliphatic hydroxyl groups excluding tert-OH is 1. The number of likely N-dealkylation sites (tertiary alicyclic amines) is 1. The van der Waals surface area contributed by atoms with Gasteiger partial charge in [-0.25, -0.2) is 0 Å². The topological polar surface area (TPSA) is 57.6 Å². The van der Waals surface area contributed by atoms with Gasteiger partial charge in [0, 0.05) is 0 Å². The lowest BCUT2D eigenvalue weighted by Gasteiger charge is -2.42. The first-order valence-corrected chi connectivity index (χ1v) is 7.85. The molecule has 0 aromatic rings. The van der Waals surface area contributed by atoms with Crippen molar-refractivity contribution >= 4 is 11.8 Å². The molecule has 2 bridgehead atoms. The number of hydrogen-bond donors (Lipinski definition) is 1. The predicted octanol–water partition coefficient (Wildman–Crippen LogP) is 1.49. The maximum Gasteiger partial charge on any atom is 0.234 e. The van der Waals surface area contributed by atoms with Crippen LogP contribution in [0.3, 0.4) is 0 Å². The third kappa shape index (κ3) is 1.40. The Labute approximate surface area is 118 Å². The normalized spacial score (nSPS) is 41.5. The van der Waals surface area contributed by atoms with E-state index in [1.54, 1.807) is 0 Å². The number of imide groups is 1. The largest absolute Gasteiger partial charge is 0.394 e. The van der Waals surface area contributed by atoms with Gasteiger partial charge in [0.25, 0.3) is 0 Å². The van der Waals surface area contributed by atoms with E-state index in [0.717, 1.165) is 38.5 Å². The smallest absolute Gasteiger partial charge is 0.234 e. The number of carbonyl (C=O) groups is 2. The Bertz CT molecular complexity index is 462. The second-order valence-corrected chi connectivity index (χ2v) is 6.95. The summed E-state index contributed by atoms with van der Waals surface area (Å²) in [6.45, 7) is -0.0767. The molecule has 0 radical (unpaired) electrons. The minimum Gasteiger partial charge on any atom is -0.394 e. The highest BCUT2D eigenvalue weighted by molar-refractivity contribution is 6.07. The number of fused-ring (bicyclic) bond motifs is 5. The molecule has 3 aliphatic carbocycles. The van der Waals surface area contributed by atoms with Crippen LogP contribution in [-0.2, 0) is 9.59 Å². The zero-order chi connectivity index (χ0) is 13.9. The van der Waals surface area contributed by atoms with Gasteiger partial charge in [0.2, 0.25) is 11.8 Å². The monoisotopic (exact) mass is 275 g/mol. The molecule has 0 spiro atoms. The van der Waals surface area contributed by atoms with Gasteiger partial charge in [-0.05, 0) is 31.1 Å². The molecule has 1 N–H and O–H groups in total. The Morgan fingerprint density at radius 1 is 1.05 bits per heavy atom. The summed E-state index contributed by atoms with van der Waals surface area (Å²) in [5.74, 6) is 0.225. The molecule has 2 saturated carbocycles. The predicted molar refractivity (Wildman–Crippen MR) is 72.5 cm³/mol. The number of carbonyl (C=O) groups excluding carboxylic acids is 2. The third-order valence-electron chi connectivity index (χ3n) is 6.02. The fraction of sp³-hybridized carbons (Fsp3) is 0.750. The van der Waals surface area contributed by atoms with E-state index in [0.29, 0.717) is 0 Å². The van der Waals surface area contributed by atoms with E-state index in [1.807, 2.05) is 0 Å².